The summed E-state index contributed by atoms with van der Waals surface area (Å²) in [7, 11) is 0. The molecule has 1 amide bonds. The van der Waals surface area contributed by atoms with Crippen LogP contribution in [0.25, 0.3) is 0 Å². The lowest BCUT2D eigenvalue weighted by molar-refractivity contribution is -0.142. The van der Waals surface area contributed by atoms with E-state index in [4.69, 9.17) is 5.11 Å². The molecule has 108 valence electrons. The SMILES string of the molecule is C[C@@H]1CN(C(=O)CCc2ccc(Br)cc2)C[C@H]1C(=O)O. The first-order valence-electron chi connectivity index (χ1n) is 6.72. The van der Waals surface area contributed by atoms with Gasteiger partial charge in [-0.05, 0) is 30.0 Å². The average Bonchev–Trinajstić information content (AvgIpc) is 2.80. The van der Waals surface area contributed by atoms with Crippen LogP contribution in [0.5, 0.6) is 0 Å². The van der Waals surface area contributed by atoms with Crippen molar-refractivity contribution in [2.24, 2.45) is 11.8 Å². The third kappa shape index (κ3) is 3.60. The van der Waals surface area contributed by atoms with Gasteiger partial charge in [-0.3, -0.25) is 9.59 Å². The molecule has 0 spiro atoms. The van der Waals surface area contributed by atoms with Gasteiger partial charge < -0.3 is 10.0 Å². The molecule has 1 aliphatic heterocycles. The summed E-state index contributed by atoms with van der Waals surface area (Å²) in [6.45, 7) is 2.78. The second-order valence-electron chi connectivity index (χ2n) is 5.35. The highest BCUT2D eigenvalue weighted by molar-refractivity contribution is 9.10. The molecule has 1 aromatic rings. The molecule has 0 aliphatic carbocycles. The zero-order valence-electron chi connectivity index (χ0n) is 11.4. The van der Waals surface area contributed by atoms with Crippen LogP contribution in [0.2, 0.25) is 0 Å². The highest BCUT2D eigenvalue weighted by Gasteiger charge is 2.36. The fourth-order valence-corrected chi connectivity index (χ4v) is 2.82. The number of benzene rings is 1. The molecule has 0 bridgehead atoms. The van der Waals surface area contributed by atoms with E-state index in [0.29, 0.717) is 25.9 Å². The topological polar surface area (TPSA) is 57.6 Å². The van der Waals surface area contributed by atoms with Crippen LogP contribution in [0.3, 0.4) is 0 Å². The highest BCUT2D eigenvalue weighted by atomic mass is 79.9. The summed E-state index contributed by atoms with van der Waals surface area (Å²) in [5.74, 6) is -1.15. The Morgan fingerprint density at radius 2 is 1.95 bits per heavy atom. The standard InChI is InChI=1S/C15H18BrNO3/c1-10-8-17(9-13(10)15(19)20)14(18)7-4-11-2-5-12(16)6-3-11/h2-3,5-6,10,13H,4,7-9H2,1H3,(H,19,20)/t10-,13-/m1/s1. The number of aliphatic carboxylic acids is 1. The summed E-state index contributed by atoms with van der Waals surface area (Å²) in [5, 5.41) is 9.07. The lowest BCUT2D eigenvalue weighted by Crippen LogP contribution is -2.30. The van der Waals surface area contributed by atoms with Crippen LogP contribution in [0, 0.1) is 11.8 Å². The summed E-state index contributed by atoms with van der Waals surface area (Å²) in [6, 6.07) is 7.89. The van der Waals surface area contributed by atoms with Gasteiger partial charge in [0.25, 0.3) is 0 Å². The number of likely N-dealkylation sites (tertiary alicyclic amines) is 1. The van der Waals surface area contributed by atoms with Gasteiger partial charge in [0.2, 0.25) is 5.91 Å². The predicted octanol–water partition coefficient (Wildman–Crippen LogP) is 2.56. The highest BCUT2D eigenvalue weighted by Crippen LogP contribution is 2.24. The van der Waals surface area contributed by atoms with Crippen LogP contribution in [-0.2, 0) is 16.0 Å². The number of rotatable bonds is 4. The molecule has 1 saturated heterocycles. The zero-order valence-corrected chi connectivity index (χ0v) is 13.0. The van der Waals surface area contributed by atoms with Crippen molar-refractivity contribution in [3.05, 3.63) is 34.3 Å². The van der Waals surface area contributed by atoms with Gasteiger partial charge in [0, 0.05) is 24.0 Å². The quantitative estimate of drug-likeness (QED) is 0.917. The number of amides is 1. The molecule has 0 radical (unpaired) electrons. The number of hydrogen-bond acceptors (Lipinski definition) is 2. The van der Waals surface area contributed by atoms with Crippen molar-refractivity contribution in [2.45, 2.75) is 19.8 Å². The second kappa shape index (κ2) is 6.39. The van der Waals surface area contributed by atoms with Gasteiger partial charge in [-0.2, -0.15) is 0 Å². The Kier molecular flexibility index (Phi) is 4.81. The molecular formula is C15H18BrNO3. The smallest absolute Gasteiger partial charge is 0.308 e. The van der Waals surface area contributed by atoms with E-state index in [9.17, 15) is 9.59 Å². The summed E-state index contributed by atoms with van der Waals surface area (Å²) in [5.41, 5.74) is 1.11. The van der Waals surface area contributed by atoms with Crippen LogP contribution in [0.15, 0.2) is 28.7 Å². The molecule has 1 N–H and O–H groups in total. The number of carboxylic acid groups (broad SMARTS) is 1. The third-order valence-corrected chi connectivity index (χ3v) is 4.35. The number of nitrogens with zero attached hydrogens (tertiary/aromatic N) is 1. The van der Waals surface area contributed by atoms with E-state index in [2.05, 4.69) is 15.9 Å². The first-order valence-corrected chi connectivity index (χ1v) is 7.51. The molecule has 20 heavy (non-hydrogen) atoms. The Labute approximate surface area is 126 Å². The molecule has 5 heteroatoms. The van der Waals surface area contributed by atoms with Gasteiger partial charge in [-0.25, -0.2) is 0 Å². The van der Waals surface area contributed by atoms with E-state index in [0.717, 1.165) is 10.0 Å². The Balaban J connectivity index is 1.87. The molecule has 0 aromatic heterocycles. The average molecular weight is 340 g/mol. The van der Waals surface area contributed by atoms with Crippen LogP contribution in [0.4, 0.5) is 0 Å². The van der Waals surface area contributed by atoms with Gasteiger partial charge in [0.15, 0.2) is 0 Å². The number of carbonyl (C=O) groups is 2. The van der Waals surface area contributed by atoms with Crippen LogP contribution in [-0.4, -0.2) is 35.0 Å². The predicted molar refractivity (Wildman–Crippen MR) is 79.3 cm³/mol. The summed E-state index contributed by atoms with van der Waals surface area (Å²) < 4.78 is 1.02. The first kappa shape index (κ1) is 15.0. The zero-order chi connectivity index (χ0) is 14.7. The molecule has 1 aromatic carbocycles. The van der Waals surface area contributed by atoms with Crippen molar-refractivity contribution in [2.75, 3.05) is 13.1 Å². The van der Waals surface area contributed by atoms with Crippen molar-refractivity contribution in [1.29, 1.82) is 0 Å². The van der Waals surface area contributed by atoms with E-state index in [1.807, 2.05) is 31.2 Å². The summed E-state index contributed by atoms with van der Waals surface area (Å²) in [6.07, 6.45) is 1.12. The molecule has 2 atom stereocenters. The molecule has 1 heterocycles. The van der Waals surface area contributed by atoms with Crippen molar-refractivity contribution in [3.8, 4) is 0 Å². The maximum absolute atomic E-state index is 12.1. The molecule has 4 nitrogen and oxygen atoms in total. The van der Waals surface area contributed by atoms with Gasteiger partial charge in [0.05, 0.1) is 5.92 Å². The van der Waals surface area contributed by atoms with Gasteiger partial charge >= 0.3 is 5.97 Å². The largest absolute Gasteiger partial charge is 0.481 e. The lowest BCUT2D eigenvalue weighted by atomic mass is 9.99. The Morgan fingerprint density at radius 1 is 1.30 bits per heavy atom. The fourth-order valence-electron chi connectivity index (χ4n) is 2.55. The molecule has 1 fully saturated rings. The third-order valence-electron chi connectivity index (χ3n) is 3.82. The number of carboxylic acids is 1. The Morgan fingerprint density at radius 3 is 2.50 bits per heavy atom. The van der Waals surface area contributed by atoms with E-state index in [-0.39, 0.29) is 11.8 Å². The first-order chi connectivity index (χ1) is 9.47. The normalized spacial score (nSPS) is 22.0. The minimum Gasteiger partial charge on any atom is -0.481 e. The summed E-state index contributed by atoms with van der Waals surface area (Å²) in [4.78, 5) is 24.9. The van der Waals surface area contributed by atoms with Crippen LogP contribution >= 0.6 is 15.9 Å². The number of carbonyl (C=O) groups excluding carboxylic acids is 1. The van der Waals surface area contributed by atoms with E-state index >= 15 is 0 Å². The molecule has 0 saturated carbocycles. The van der Waals surface area contributed by atoms with Crippen molar-refractivity contribution < 1.29 is 14.7 Å². The van der Waals surface area contributed by atoms with E-state index in [1.54, 1.807) is 4.90 Å². The minimum absolute atomic E-state index is 0.0316. The maximum Gasteiger partial charge on any atom is 0.308 e. The monoisotopic (exact) mass is 339 g/mol. The van der Waals surface area contributed by atoms with Gasteiger partial charge in [0.1, 0.15) is 0 Å². The van der Waals surface area contributed by atoms with Crippen molar-refractivity contribution in [3.63, 3.8) is 0 Å². The lowest BCUT2D eigenvalue weighted by Gasteiger charge is -2.15. The summed E-state index contributed by atoms with van der Waals surface area (Å²) >= 11 is 3.38. The van der Waals surface area contributed by atoms with Gasteiger partial charge in [-0.15, -0.1) is 0 Å². The number of hydrogen-bond donors (Lipinski definition) is 1. The van der Waals surface area contributed by atoms with Crippen LogP contribution < -0.4 is 0 Å². The van der Waals surface area contributed by atoms with Crippen LogP contribution in [0.1, 0.15) is 18.9 Å². The Hall–Kier alpha value is -1.36. The maximum atomic E-state index is 12.1. The van der Waals surface area contributed by atoms with Crippen molar-refractivity contribution >= 4 is 27.8 Å². The molecular weight excluding hydrogens is 322 g/mol. The minimum atomic E-state index is -0.805. The number of halogens is 1. The van der Waals surface area contributed by atoms with E-state index < -0.39 is 11.9 Å². The molecule has 0 unspecified atom stereocenters. The van der Waals surface area contributed by atoms with Crippen molar-refractivity contribution in [1.82, 2.24) is 4.90 Å². The Bertz CT molecular complexity index is 500. The fraction of sp³-hybridized carbons (Fsp3) is 0.467. The number of aryl methyl sites for hydroxylation is 1. The van der Waals surface area contributed by atoms with E-state index in [1.165, 1.54) is 0 Å². The second-order valence-corrected chi connectivity index (χ2v) is 6.26. The molecule has 2 rings (SSSR count). The molecule has 1 aliphatic rings. The van der Waals surface area contributed by atoms with Gasteiger partial charge in [-0.1, -0.05) is 35.0 Å².